The van der Waals surface area contributed by atoms with Crippen LogP contribution in [0.15, 0.2) is 36.4 Å². The van der Waals surface area contributed by atoms with Crippen LogP contribution in [0.5, 0.6) is 0 Å². The van der Waals surface area contributed by atoms with Crippen molar-refractivity contribution in [3.05, 3.63) is 47.8 Å². The molecule has 0 N–H and O–H groups in total. The van der Waals surface area contributed by atoms with Crippen molar-refractivity contribution in [3.8, 4) is 0 Å². The smallest absolute Gasteiger partial charge is 0.123 e. The number of benzene rings is 1. The summed E-state index contributed by atoms with van der Waals surface area (Å²) in [5.41, 5.74) is 0.995. The molecule has 0 saturated carbocycles. The van der Waals surface area contributed by atoms with Gasteiger partial charge in [0, 0.05) is 0 Å². The van der Waals surface area contributed by atoms with Crippen molar-refractivity contribution < 1.29 is 4.39 Å². The molecule has 4 heteroatoms. The minimum atomic E-state index is -0.405. The molecule has 0 spiro atoms. The van der Waals surface area contributed by atoms with Gasteiger partial charge >= 0.3 is 0 Å². The van der Waals surface area contributed by atoms with Crippen molar-refractivity contribution in [1.29, 1.82) is 0 Å². The molecule has 0 nitrogen and oxygen atoms in total. The number of alkyl halides is 2. The Kier molecular flexibility index (Phi) is 2.91. The second-order valence-corrected chi connectivity index (χ2v) is 8.05. The predicted octanol–water partition coefficient (Wildman–Crippen LogP) is 4.63. The van der Waals surface area contributed by atoms with E-state index in [0.29, 0.717) is 0 Å². The van der Waals surface area contributed by atoms with Crippen LogP contribution in [0.2, 0.25) is 0 Å². The quantitative estimate of drug-likeness (QED) is 0.538. The Morgan fingerprint density at radius 3 is 2.33 bits per heavy atom. The normalized spacial score (nSPS) is 34.7. The maximum atomic E-state index is 12.8. The van der Waals surface area contributed by atoms with Gasteiger partial charge in [0.1, 0.15) is 13.7 Å². The summed E-state index contributed by atoms with van der Waals surface area (Å²) in [4.78, 5) is 0. The van der Waals surface area contributed by atoms with E-state index in [9.17, 15) is 4.39 Å². The summed E-state index contributed by atoms with van der Waals surface area (Å²) in [6, 6.07) is 6.44. The molecule has 2 rings (SSSR count). The van der Waals surface area contributed by atoms with Gasteiger partial charge in [-0.05, 0) is 24.6 Å². The fraction of sp³-hybridized carbons (Fsp3) is 0.273. The highest BCUT2D eigenvalue weighted by Crippen LogP contribution is 2.56. The first-order chi connectivity index (χ1) is 6.91. The van der Waals surface area contributed by atoms with Crippen LogP contribution in [-0.2, 0) is 3.66 Å². The van der Waals surface area contributed by atoms with Gasteiger partial charge in [-0.25, -0.2) is 4.39 Å². The van der Waals surface area contributed by atoms with E-state index in [1.54, 1.807) is 23.9 Å². The highest BCUT2D eigenvalue weighted by molar-refractivity contribution is 9.11. The van der Waals surface area contributed by atoms with Gasteiger partial charge in [0.15, 0.2) is 0 Å². The van der Waals surface area contributed by atoms with Gasteiger partial charge in [0.2, 0.25) is 0 Å². The minimum Gasteiger partial charge on any atom is -0.207 e. The minimum absolute atomic E-state index is 0.226. The topological polar surface area (TPSA) is 0 Å². The van der Waals surface area contributed by atoms with Crippen molar-refractivity contribution in [2.45, 2.75) is 14.8 Å². The molecule has 0 aromatic heterocycles. The molecule has 1 aromatic carbocycles. The van der Waals surface area contributed by atoms with Crippen LogP contribution in [0.25, 0.3) is 0 Å². The summed E-state index contributed by atoms with van der Waals surface area (Å²) in [6.07, 6.45) is 3.94. The molecule has 0 radical (unpaired) electrons. The summed E-state index contributed by atoms with van der Waals surface area (Å²) in [5, 5.41) is 0. The molecule has 0 saturated heterocycles. The van der Waals surface area contributed by atoms with E-state index in [-0.39, 0.29) is 9.47 Å². The van der Waals surface area contributed by atoms with E-state index in [1.807, 2.05) is 19.1 Å². The average Bonchev–Trinajstić information content (AvgIpc) is 2.43. The zero-order chi connectivity index (χ0) is 11.1. The van der Waals surface area contributed by atoms with E-state index in [0.717, 1.165) is 5.56 Å². The molecule has 0 fully saturated rings. The van der Waals surface area contributed by atoms with Gasteiger partial charge in [0.25, 0.3) is 0 Å². The SMILES string of the molecule is CC1(Cl)C=CC(Br)(c2ccc(F)cc2)S1. The molecule has 0 amide bonds. The summed E-state index contributed by atoms with van der Waals surface area (Å²) >= 11 is 11.4. The number of halogens is 3. The van der Waals surface area contributed by atoms with Crippen molar-refractivity contribution >= 4 is 39.3 Å². The molecule has 80 valence electrons. The summed E-state index contributed by atoms with van der Waals surface area (Å²) < 4.78 is 12.0. The molecule has 1 aliphatic heterocycles. The molecule has 1 heterocycles. The van der Waals surface area contributed by atoms with Gasteiger partial charge in [-0.1, -0.05) is 40.2 Å². The molecular weight excluding hydrogens is 299 g/mol. The molecular formula is C11H9BrClFS. The molecule has 0 bridgehead atoms. The van der Waals surface area contributed by atoms with Crippen LogP contribution in [0.1, 0.15) is 12.5 Å². The lowest BCUT2D eigenvalue weighted by Crippen LogP contribution is -2.11. The summed E-state index contributed by atoms with van der Waals surface area (Å²) in [7, 11) is 0. The van der Waals surface area contributed by atoms with Crippen LogP contribution in [0.4, 0.5) is 4.39 Å². The average molecular weight is 308 g/mol. The van der Waals surface area contributed by atoms with Crippen LogP contribution >= 0.6 is 39.3 Å². The lowest BCUT2D eigenvalue weighted by molar-refractivity contribution is 0.627. The summed E-state index contributed by atoms with van der Waals surface area (Å²) in [5.74, 6) is -0.226. The Labute approximate surface area is 106 Å². The molecule has 1 aliphatic rings. The number of thioether (sulfide) groups is 1. The van der Waals surface area contributed by atoms with Crippen molar-refractivity contribution in [3.63, 3.8) is 0 Å². The van der Waals surface area contributed by atoms with Gasteiger partial charge in [0.05, 0.1) is 0 Å². The van der Waals surface area contributed by atoms with E-state index in [4.69, 9.17) is 11.6 Å². The van der Waals surface area contributed by atoms with Crippen LogP contribution in [0.3, 0.4) is 0 Å². The van der Waals surface area contributed by atoms with Gasteiger partial charge < -0.3 is 0 Å². The van der Waals surface area contributed by atoms with Crippen LogP contribution in [-0.4, -0.2) is 4.21 Å². The monoisotopic (exact) mass is 306 g/mol. The first kappa shape index (κ1) is 11.5. The van der Waals surface area contributed by atoms with E-state index in [1.165, 1.54) is 12.1 Å². The van der Waals surface area contributed by atoms with Crippen molar-refractivity contribution in [2.75, 3.05) is 0 Å². The second-order valence-electron chi connectivity index (χ2n) is 3.57. The van der Waals surface area contributed by atoms with Crippen LogP contribution < -0.4 is 0 Å². The maximum Gasteiger partial charge on any atom is 0.123 e. The second kappa shape index (κ2) is 3.79. The Morgan fingerprint density at radius 1 is 1.27 bits per heavy atom. The van der Waals surface area contributed by atoms with Gasteiger partial charge in [-0.2, -0.15) is 0 Å². The summed E-state index contributed by atoms with van der Waals surface area (Å²) in [6.45, 7) is 1.93. The van der Waals surface area contributed by atoms with E-state index >= 15 is 0 Å². The fourth-order valence-corrected chi connectivity index (χ4v) is 4.67. The van der Waals surface area contributed by atoms with Crippen molar-refractivity contribution in [2.24, 2.45) is 0 Å². The van der Waals surface area contributed by atoms with Crippen LogP contribution in [0, 0.1) is 5.82 Å². The Hall–Kier alpha value is 0.01000. The first-order valence-corrected chi connectivity index (χ1v) is 6.44. The van der Waals surface area contributed by atoms with Crippen molar-refractivity contribution in [1.82, 2.24) is 0 Å². The van der Waals surface area contributed by atoms with E-state index in [2.05, 4.69) is 15.9 Å². The fourth-order valence-electron chi connectivity index (χ4n) is 1.45. The van der Waals surface area contributed by atoms with Gasteiger partial charge in [-0.15, -0.1) is 23.4 Å². The Bertz CT molecular complexity index is 402. The zero-order valence-corrected chi connectivity index (χ0v) is 11.2. The van der Waals surface area contributed by atoms with Gasteiger partial charge in [-0.3, -0.25) is 0 Å². The predicted molar refractivity (Wildman–Crippen MR) is 68.0 cm³/mol. The molecule has 2 atom stereocenters. The highest BCUT2D eigenvalue weighted by Gasteiger charge is 2.40. The number of hydrogen-bond acceptors (Lipinski definition) is 1. The Balaban J connectivity index is 2.33. The molecule has 0 aliphatic carbocycles. The first-order valence-electron chi connectivity index (χ1n) is 4.46. The molecule has 1 aromatic rings. The zero-order valence-electron chi connectivity index (χ0n) is 8.01. The maximum absolute atomic E-state index is 12.8. The standard InChI is InChI=1S/C11H9BrClFS/c1-10(13)6-7-11(12,15-10)8-2-4-9(14)5-3-8/h2-7H,1H3. The highest BCUT2D eigenvalue weighted by atomic mass is 79.9. The third-order valence-corrected chi connectivity index (χ3v) is 4.95. The number of rotatable bonds is 1. The number of hydrogen-bond donors (Lipinski definition) is 0. The third-order valence-electron chi connectivity index (χ3n) is 2.18. The third kappa shape index (κ3) is 2.40. The lowest BCUT2D eigenvalue weighted by atomic mass is 10.1. The molecule has 2 unspecified atom stereocenters. The lowest BCUT2D eigenvalue weighted by Gasteiger charge is -2.23. The Morgan fingerprint density at radius 2 is 1.87 bits per heavy atom. The van der Waals surface area contributed by atoms with E-state index < -0.39 is 4.21 Å². The largest absolute Gasteiger partial charge is 0.207 e. The molecule has 15 heavy (non-hydrogen) atoms.